The van der Waals surface area contributed by atoms with Gasteiger partial charge in [0.05, 0.1) is 12.6 Å². The van der Waals surface area contributed by atoms with Crippen LogP contribution in [0.5, 0.6) is 0 Å². The average molecular weight is 297 g/mol. The van der Waals surface area contributed by atoms with Gasteiger partial charge in [0.15, 0.2) is 0 Å². The minimum Gasteiger partial charge on any atom is -0.335 e. The van der Waals surface area contributed by atoms with Crippen molar-refractivity contribution in [1.29, 1.82) is 0 Å². The summed E-state index contributed by atoms with van der Waals surface area (Å²) in [6, 6.07) is 4.30. The molecule has 0 aliphatic carbocycles. The van der Waals surface area contributed by atoms with Gasteiger partial charge in [0.2, 0.25) is 5.91 Å². The lowest BCUT2D eigenvalue weighted by Crippen LogP contribution is -2.42. The van der Waals surface area contributed by atoms with Crippen LogP contribution in [0.3, 0.4) is 0 Å². The SMILES string of the molecule is C#CCN1CCC(C(=O)N2CCCC2c2ccncc2)CC1. The first-order valence-electron chi connectivity index (χ1n) is 8.16. The van der Waals surface area contributed by atoms with E-state index in [0.717, 1.165) is 45.3 Å². The third kappa shape index (κ3) is 3.15. The Hall–Kier alpha value is -1.86. The lowest BCUT2D eigenvalue weighted by atomic mass is 9.94. The number of hydrogen-bond acceptors (Lipinski definition) is 3. The highest BCUT2D eigenvalue weighted by Gasteiger charge is 2.35. The molecule has 4 nitrogen and oxygen atoms in total. The molecule has 1 atom stereocenters. The summed E-state index contributed by atoms with van der Waals surface area (Å²) in [5.74, 6) is 3.19. The summed E-state index contributed by atoms with van der Waals surface area (Å²) < 4.78 is 0. The molecule has 1 aromatic heterocycles. The minimum absolute atomic E-state index is 0.163. The van der Waals surface area contributed by atoms with Crippen LogP contribution in [0.2, 0.25) is 0 Å². The van der Waals surface area contributed by atoms with Crippen molar-refractivity contribution in [2.75, 3.05) is 26.2 Å². The number of amides is 1. The lowest BCUT2D eigenvalue weighted by Gasteiger charge is -2.34. The molecular formula is C18H23N3O. The summed E-state index contributed by atoms with van der Waals surface area (Å²) in [5.41, 5.74) is 1.21. The molecule has 116 valence electrons. The Balaban J connectivity index is 1.64. The molecule has 0 saturated carbocycles. The molecule has 3 heterocycles. The molecule has 3 rings (SSSR count). The summed E-state index contributed by atoms with van der Waals surface area (Å²) in [5, 5.41) is 0. The fourth-order valence-corrected chi connectivity index (χ4v) is 3.66. The molecule has 1 aromatic rings. The van der Waals surface area contributed by atoms with Crippen molar-refractivity contribution >= 4 is 5.91 Å². The smallest absolute Gasteiger partial charge is 0.226 e. The van der Waals surface area contributed by atoms with E-state index >= 15 is 0 Å². The molecule has 22 heavy (non-hydrogen) atoms. The normalized spacial score (nSPS) is 23.4. The first kappa shape index (κ1) is 15.1. The van der Waals surface area contributed by atoms with Crippen molar-refractivity contribution in [2.45, 2.75) is 31.7 Å². The molecule has 2 saturated heterocycles. The lowest BCUT2D eigenvalue weighted by molar-refractivity contribution is -0.138. The van der Waals surface area contributed by atoms with Gasteiger partial charge in [-0.1, -0.05) is 5.92 Å². The number of carbonyl (C=O) groups excluding carboxylic acids is 1. The van der Waals surface area contributed by atoms with Gasteiger partial charge < -0.3 is 4.90 Å². The zero-order chi connectivity index (χ0) is 15.4. The largest absolute Gasteiger partial charge is 0.335 e. The standard InChI is InChI=1S/C18H23N3O/c1-2-11-20-13-7-16(8-14-20)18(22)21-12-3-4-17(21)15-5-9-19-10-6-15/h1,5-6,9-10,16-17H,3-4,7-8,11-14H2. The van der Waals surface area contributed by atoms with E-state index in [1.54, 1.807) is 0 Å². The molecule has 2 aliphatic rings. The van der Waals surface area contributed by atoms with Gasteiger partial charge in [0.25, 0.3) is 0 Å². The number of hydrogen-bond donors (Lipinski definition) is 0. The Kier molecular flexibility index (Phi) is 4.74. The van der Waals surface area contributed by atoms with Crippen LogP contribution in [0.4, 0.5) is 0 Å². The first-order chi connectivity index (χ1) is 10.8. The quantitative estimate of drug-likeness (QED) is 0.802. The number of nitrogens with zero attached hydrogens (tertiary/aromatic N) is 3. The van der Waals surface area contributed by atoms with Crippen LogP contribution in [0, 0.1) is 18.3 Å². The maximum atomic E-state index is 12.9. The van der Waals surface area contributed by atoms with Gasteiger partial charge >= 0.3 is 0 Å². The van der Waals surface area contributed by atoms with E-state index in [2.05, 4.69) is 20.7 Å². The fraction of sp³-hybridized carbons (Fsp3) is 0.556. The third-order valence-corrected chi connectivity index (χ3v) is 4.88. The van der Waals surface area contributed by atoms with Crippen LogP contribution in [-0.2, 0) is 4.79 Å². The molecular weight excluding hydrogens is 274 g/mol. The highest BCUT2D eigenvalue weighted by Crippen LogP contribution is 2.34. The number of aromatic nitrogens is 1. The molecule has 0 N–H and O–H groups in total. The second-order valence-corrected chi connectivity index (χ2v) is 6.22. The number of carbonyl (C=O) groups is 1. The predicted octanol–water partition coefficient (Wildman–Crippen LogP) is 2.09. The second kappa shape index (κ2) is 6.93. The zero-order valence-corrected chi connectivity index (χ0v) is 12.9. The average Bonchev–Trinajstić information content (AvgIpc) is 3.06. The highest BCUT2D eigenvalue weighted by molar-refractivity contribution is 5.79. The van der Waals surface area contributed by atoms with Gasteiger partial charge in [-0.3, -0.25) is 14.7 Å². The Morgan fingerprint density at radius 3 is 2.64 bits per heavy atom. The van der Waals surface area contributed by atoms with Crippen LogP contribution in [0.15, 0.2) is 24.5 Å². The van der Waals surface area contributed by atoms with Crippen molar-refractivity contribution in [2.24, 2.45) is 5.92 Å². The molecule has 1 unspecified atom stereocenters. The van der Waals surface area contributed by atoms with Crippen molar-refractivity contribution in [3.05, 3.63) is 30.1 Å². The molecule has 2 fully saturated rings. The van der Waals surface area contributed by atoms with Gasteiger partial charge in [-0.15, -0.1) is 6.42 Å². The summed E-state index contributed by atoms with van der Waals surface area (Å²) >= 11 is 0. The first-order valence-corrected chi connectivity index (χ1v) is 8.16. The number of terminal acetylenes is 1. The van der Waals surface area contributed by atoms with Crippen molar-refractivity contribution in [3.63, 3.8) is 0 Å². The maximum absolute atomic E-state index is 12.9. The number of likely N-dealkylation sites (tertiary alicyclic amines) is 2. The van der Waals surface area contributed by atoms with Crippen molar-refractivity contribution < 1.29 is 4.79 Å². The van der Waals surface area contributed by atoms with E-state index in [1.165, 1.54) is 5.56 Å². The molecule has 1 amide bonds. The fourth-order valence-electron chi connectivity index (χ4n) is 3.66. The van der Waals surface area contributed by atoms with Gasteiger partial charge in [-0.2, -0.15) is 0 Å². The summed E-state index contributed by atoms with van der Waals surface area (Å²) in [7, 11) is 0. The Labute approximate surface area is 132 Å². The van der Waals surface area contributed by atoms with E-state index in [0.29, 0.717) is 12.5 Å². The monoisotopic (exact) mass is 297 g/mol. The van der Waals surface area contributed by atoms with Crippen LogP contribution in [-0.4, -0.2) is 46.9 Å². The van der Waals surface area contributed by atoms with Gasteiger partial charge in [-0.05, 0) is 56.5 Å². The molecule has 0 spiro atoms. The van der Waals surface area contributed by atoms with Crippen LogP contribution >= 0.6 is 0 Å². The Morgan fingerprint density at radius 1 is 1.23 bits per heavy atom. The van der Waals surface area contributed by atoms with Gasteiger partial charge in [-0.25, -0.2) is 0 Å². The second-order valence-electron chi connectivity index (χ2n) is 6.22. The Bertz CT molecular complexity index is 543. The topological polar surface area (TPSA) is 36.4 Å². The summed E-state index contributed by atoms with van der Waals surface area (Å²) in [6.45, 7) is 3.46. The molecule has 4 heteroatoms. The molecule has 0 bridgehead atoms. The van der Waals surface area contributed by atoms with Crippen molar-refractivity contribution in [3.8, 4) is 12.3 Å². The summed E-state index contributed by atoms with van der Waals surface area (Å²) in [6.07, 6.45) is 13.0. The van der Waals surface area contributed by atoms with E-state index in [1.807, 2.05) is 24.5 Å². The number of pyridine rings is 1. The third-order valence-electron chi connectivity index (χ3n) is 4.88. The van der Waals surface area contributed by atoms with E-state index in [9.17, 15) is 4.79 Å². The number of rotatable bonds is 3. The van der Waals surface area contributed by atoms with E-state index in [-0.39, 0.29) is 12.0 Å². The van der Waals surface area contributed by atoms with E-state index < -0.39 is 0 Å². The predicted molar refractivity (Wildman–Crippen MR) is 85.9 cm³/mol. The zero-order valence-electron chi connectivity index (χ0n) is 12.9. The van der Waals surface area contributed by atoms with Crippen molar-refractivity contribution in [1.82, 2.24) is 14.8 Å². The van der Waals surface area contributed by atoms with Crippen LogP contribution in [0.1, 0.15) is 37.3 Å². The molecule has 0 aromatic carbocycles. The van der Waals surface area contributed by atoms with Gasteiger partial charge in [0, 0.05) is 24.9 Å². The minimum atomic E-state index is 0.163. The summed E-state index contributed by atoms with van der Waals surface area (Å²) in [4.78, 5) is 21.3. The van der Waals surface area contributed by atoms with Crippen LogP contribution in [0.25, 0.3) is 0 Å². The highest BCUT2D eigenvalue weighted by atomic mass is 16.2. The number of piperidine rings is 1. The van der Waals surface area contributed by atoms with Crippen LogP contribution < -0.4 is 0 Å². The molecule has 2 aliphatic heterocycles. The van der Waals surface area contributed by atoms with Gasteiger partial charge in [0.1, 0.15) is 0 Å². The Morgan fingerprint density at radius 2 is 1.95 bits per heavy atom. The molecule has 0 radical (unpaired) electrons. The van der Waals surface area contributed by atoms with E-state index in [4.69, 9.17) is 6.42 Å². The maximum Gasteiger partial charge on any atom is 0.226 e.